The van der Waals surface area contributed by atoms with Crippen molar-refractivity contribution in [2.75, 3.05) is 33.5 Å². The Balaban J connectivity index is 1.69. The minimum Gasteiger partial charge on any atom is -0.382 e. The number of hydrogen-bond acceptors (Lipinski definition) is 3. The number of fused-ring (bicyclic) bond motifs is 1. The van der Waals surface area contributed by atoms with Gasteiger partial charge in [0.1, 0.15) is 0 Å². The Kier molecular flexibility index (Phi) is 6.24. The van der Waals surface area contributed by atoms with E-state index in [0.717, 1.165) is 23.7 Å². The molecule has 1 aromatic carbocycles. The van der Waals surface area contributed by atoms with Crippen molar-refractivity contribution in [3.05, 3.63) is 36.0 Å². The van der Waals surface area contributed by atoms with Crippen LogP contribution in [-0.4, -0.2) is 44.4 Å². The number of rotatable bonds is 9. The number of nitrogens with one attached hydrogen (secondary N) is 2. The van der Waals surface area contributed by atoms with Gasteiger partial charge in [-0.2, -0.15) is 0 Å². The van der Waals surface area contributed by atoms with E-state index in [1.54, 1.807) is 7.11 Å². The maximum Gasteiger partial charge on any atom is 0.251 e. The van der Waals surface area contributed by atoms with Crippen LogP contribution in [-0.2, 0) is 9.47 Å². The third kappa shape index (κ3) is 4.58. The summed E-state index contributed by atoms with van der Waals surface area (Å²) in [5.74, 6) is -0.0273. The highest BCUT2D eigenvalue weighted by Crippen LogP contribution is 2.17. The van der Waals surface area contributed by atoms with Gasteiger partial charge in [-0.25, -0.2) is 0 Å². The van der Waals surface area contributed by atoms with E-state index < -0.39 is 0 Å². The monoisotopic (exact) mass is 290 g/mol. The van der Waals surface area contributed by atoms with Crippen molar-refractivity contribution in [1.82, 2.24) is 10.3 Å². The summed E-state index contributed by atoms with van der Waals surface area (Å²) >= 11 is 0. The molecule has 2 rings (SSSR count). The van der Waals surface area contributed by atoms with Crippen LogP contribution < -0.4 is 5.32 Å². The summed E-state index contributed by atoms with van der Waals surface area (Å²) in [7, 11) is 1.66. The van der Waals surface area contributed by atoms with Gasteiger partial charge >= 0.3 is 0 Å². The Morgan fingerprint density at radius 1 is 1.19 bits per heavy atom. The molecule has 5 heteroatoms. The van der Waals surface area contributed by atoms with Crippen molar-refractivity contribution < 1.29 is 14.3 Å². The van der Waals surface area contributed by atoms with E-state index in [2.05, 4.69) is 10.3 Å². The lowest BCUT2D eigenvalue weighted by Gasteiger charge is -2.07. The first-order valence-corrected chi connectivity index (χ1v) is 7.24. The molecule has 0 aliphatic heterocycles. The topological polar surface area (TPSA) is 63.4 Å². The Morgan fingerprint density at radius 3 is 2.95 bits per heavy atom. The molecule has 1 amide bonds. The standard InChI is InChI=1S/C16H22N2O3/c1-20-11-12-21-10-3-2-8-18-16(19)14-5-4-6-15-13(14)7-9-17-15/h4-7,9,17H,2-3,8,10-12H2,1H3,(H,18,19). The van der Waals surface area contributed by atoms with Crippen LogP contribution in [0.2, 0.25) is 0 Å². The number of aromatic nitrogens is 1. The predicted octanol–water partition coefficient (Wildman–Crippen LogP) is 2.34. The molecule has 0 atom stereocenters. The van der Waals surface area contributed by atoms with Gasteiger partial charge in [0.2, 0.25) is 0 Å². The Bertz CT molecular complexity index is 565. The normalized spacial score (nSPS) is 10.9. The zero-order valence-corrected chi connectivity index (χ0v) is 12.4. The van der Waals surface area contributed by atoms with Crippen LogP contribution in [0.1, 0.15) is 23.2 Å². The molecule has 21 heavy (non-hydrogen) atoms. The molecule has 2 N–H and O–H groups in total. The number of aromatic amines is 1. The SMILES string of the molecule is COCCOCCCCNC(=O)c1cccc2[nH]ccc12. The number of methoxy groups -OCH3 is 1. The fraction of sp³-hybridized carbons (Fsp3) is 0.438. The zero-order chi connectivity index (χ0) is 14.9. The van der Waals surface area contributed by atoms with Gasteiger partial charge in [-0.15, -0.1) is 0 Å². The third-order valence-corrected chi connectivity index (χ3v) is 3.27. The van der Waals surface area contributed by atoms with E-state index in [9.17, 15) is 4.79 Å². The number of ether oxygens (including phenoxy) is 2. The lowest BCUT2D eigenvalue weighted by Crippen LogP contribution is -2.24. The van der Waals surface area contributed by atoms with E-state index in [4.69, 9.17) is 9.47 Å². The van der Waals surface area contributed by atoms with E-state index in [1.165, 1.54) is 0 Å². The van der Waals surface area contributed by atoms with E-state index in [0.29, 0.717) is 31.9 Å². The largest absolute Gasteiger partial charge is 0.382 e. The van der Waals surface area contributed by atoms with Gasteiger partial charge in [0.25, 0.3) is 5.91 Å². The number of amides is 1. The predicted molar refractivity (Wildman–Crippen MR) is 82.6 cm³/mol. The highest BCUT2D eigenvalue weighted by molar-refractivity contribution is 6.06. The molecule has 0 unspecified atom stereocenters. The molecule has 0 radical (unpaired) electrons. The molecule has 0 fully saturated rings. The van der Waals surface area contributed by atoms with Gasteiger partial charge < -0.3 is 19.8 Å². The fourth-order valence-electron chi connectivity index (χ4n) is 2.15. The molecular weight excluding hydrogens is 268 g/mol. The molecule has 0 aliphatic rings. The first-order valence-electron chi connectivity index (χ1n) is 7.24. The van der Waals surface area contributed by atoms with Crippen molar-refractivity contribution >= 4 is 16.8 Å². The fourth-order valence-corrected chi connectivity index (χ4v) is 2.15. The molecule has 0 spiro atoms. The molecule has 5 nitrogen and oxygen atoms in total. The van der Waals surface area contributed by atoms with Gasteiger partial charge in [-0.3, -0.25) is 4.79 Å². The van der Waals surface area contributed by atoms with Gasteiger partial charge in [0.15, 0.2) is 0 Å². The molecule has 0 bridgehead atoms. The maximum atomic E-state index is 12.2. The molecule has 2 aromatic rings. The molecule has 114 valence electrons. The van der Waals surface area contributed by atoms with Crippen molar-refractivity contribution in [3.8, 4) is 0 Å². The summed E-state index contributed by atoms with van der Waals surface area (Å²) in [4.78, 5) is 15.3. The first kappa shape index (κ1) is 15.5. The second kappa shape index (κ2) is 8.44. The smallest absolute Gasteiger partial charge is 0.251 e. The summed E-state index contributed by atoms with van der Waals surface area (Å²) < 4.78 is 10.3. The zero-order valence-electron chi connectivity index (χ0n) is 12.4. The lowest BCUT2D eigenvalue weighted by atomic mass is 10.1. The minimum absolute atomic E-state index is 0.0273. The Labute approximate surface area is 124 Å². The number of H-pyrrole nitrogens is 1. The van der Waals surface area contributed by atoms with Crippen molar-refractivity contribution in [3.63, 3.8) is 0 Å². The van der Waals surface area contributed by atoms with Crippen LogP contribution in [0, 0.1) is 0 Å². The average Bonchev–Trinajstić information content (AvgIpc) is 2.98. The van der Waals surface area contributed by atoms with E-state index in [-0.39, 0.29) is 5.91 Å². The number of unbranched alkanes of at least 4 members (excludes halogenated alkanes) is 1. The summed E-state index contributed by atoms with van der Waals surface area (Å²) in [5, 5.41) is 3.91. The molecular formula is C16H22N2O3. The molecule has 0 saturated carbocycles. The summed E-state index contributed by atoms with van der Waals surface area (Å²) in [6.07, 6.45) is 3.68. The van der Waals surface area contributed by atoms with Crippen LogP contribution in [0.3, 0.4) is 0 Å². The summed E-state index contributed by atoms with van der Waals surface area (Å²) in [5.41, 5.74) is 1.69. The van der Waals surface area contributed by atoms with Gasteiger partial charge in [0, 0.05) is 42.9 Å². The summed E-state index contributed by atoms with van der Waals surface area (Å²) in [6.45, 7) is 2.61. The first-order chi connectivity index (χ1) is 10.3. The number of benzene rings is 1. The molecule has 0 aliphatic carbocycles. The van der Waals surface area contributed by atoms with Crippen LogP contribution in [0.4, 0.5) is 0 Å². The number of carbonyl (C=O) groups excluding carboxylic acids is 1. The van der Waals surface area contributed by atoms with Crippen LogP contribution in [0.25, 0.3) is 10.9 Å². The minimum atomic E-state index is -0.0273. The Morgan fingerprint density at radius 2 is 2.10 bits per heavy atom. The van der Waals surface area contributed by atoms with Crippen molar-refractivity contribution in [2.45, 2.75) is 12.8 Å². The lowest BCUT2D eigenvalue weighted by molar-refractivity contribution is 0.0686. The Hall–Kier alpha value is -1.85. The van der Waals surface area contributed by atoms with Crippen molar-refractivity contribution in [1.29, 1.82) is 0 Å². The van der Waals surface area contributed by atoms with E-state index in [1.807, 2.05) is 30.5 Å². The average molecular weight is 290 g/mol. The van der Waals surface area contributed by atoms with E-state index >= 15 is 0 Å². The second-order valence-electron chi connectivity index (χ2n) is 4.81. The molecule has 1 aromatic heterocycles. The highest BCUT2D eigenvalue weighted by Gasteiger charge is 2.09. The molecule has 0 saturated heterocycles. The highest BCUT2D eigenvalue weighted by atomic mass is 16.5. The van der Waals surface area contributed by atoms with Crippen LogP contribution >= 0.6 is 0 Å². The second-order valence-corrected chi connectivity index (χ2v) is 4.81. The van der Waals surface area contributed by atoms with Crippen LogP contribution in [0.15, 0.2) is 30.5 Å². The van der Waals surface area contributed by atoms with Gasteiger partial charge in [-0.05, 0) is 31.0 Å². The van der Waals surface area contributed by atoms with Crippen molar-refractivity contribution in [2.24, 2.45) is 0 Å². The van der Waals surface area contributed by atoms with Crippen LogP contribution in [0.5, 0.6) is 0 Å². The van der Waals surface area contributed by atoms with Gasteiger partial charge in [0.05, 0.1) is 13.2 Å². The molecule has 1 heterocycles. The number of carbonyl (C=O) groups is 1. The summed E-state index contributed by atoms with van der Waals surface area (Å²) in [6, 6.07) is 7.62. The quantitative estimate of drug-likeness (QED) is 0.697. The maximum absolute atomic E-state index is 12.2. The van der Waals surface area contributed by atoms with Gasteiger partial charge in [-0.1, -0.05) is 6.07 Å². The third-order valence-electron chi connectivity index (χ3n) is 3.27. The number of hydrogen-bond donors (Lipinski definition) is 2.